The number of hydrogen-bond donors (Lipinski definition) is 1. The Balaban J connectivity index is 2.38. The van der Waals surface area contributed by atoms with Crippen molar-refractivity contribution in [1.82, 2.24) is 19.9 Å². The Bertz CT molecular complexity index is 495. The second-order valence-electron chi connectivity index (χ2n) is 3.81. The van der Waals surface area contributed by atoms with Crippen molar-refractivity contribution >= 4 is 0 Å². The van der Waals surface area contributed by atoms with Gasteiger partial charge in [-0.25, -0.2) is 4.98 Å². The van der Waals surface area contributed by atoms with Gasteiger partial charge in [0.2, 0.25) is 0 Å². The standard InChI is InChI=1S/C12H16N4O/c1-13-12(11-7-15-8-16(11)2)9-4-10(17-3)6-14-5-9/h4-8,12-13H,1-3H3. The lowest BCUT2D eigenvalue weighted by Crippen LogP contribution is -2.20. The highest BCUT2D eigenvalue weighted by atomic mass is 16.5. The lowest BCUT2D eigenvalue weighted by atomic mass is 10.1. The molecule has 2 heterocycles. The number of pyridine rings is 1. The summed E-state index contributed by atoms with van der Waals surface area (Å²) in [6, 6.07) is 2.03. The molecule has 1 N–H and O–H groups in total. The van der Waals surface area contributed by atoms with Gasteiger partial charge in [-0.1, -0.05) is 0 Å². The minimum absolute atomic E-state index is 0.0603. The van der Waals surface area contributed by atoms with E-state index < -0.39 is 0 Å². The van der Waals surface area contributed by atoms with E-state index in [0.717, 1.165) is 17.0 Å². The number of hydrogen-bond acceptors (Lipinski definition) is 4. The van der Waals surface area contributed by atoms with E-state index >= 15 is 0 Å². The summed E-state index contributed by atoms with van der Waals surface area (Å²) in [6.45, 7) is 0. The first-order valence-corrected chi connectivity index (χ1v) is 5.38. The SMILES string of the molecule is CNC(c1cncc(OC)c1)c1cncn1C. The summed E-state index contributed by atoms with van der Waals surface area (Å²) in [5, 5.41) is 3.26. The summed E-state index contributed by atoms with van der Waals surface area (Å²) in [4.78, 5) is 8.30. The maximum atomic E-state index is 5.18. The molecule has 90 valence electrons. The second kappa shape index (κ2) is 4.97. The van der Waals surface area contributed by atoms with E-state index in [1.807, 2.05) is 37.1 Å². The number of imidazole rings is 1. The van der Waals surface area contributed by atoms with Crippen LogP contribution in [0.3, 0.4) is 0 Å². The fraction of sp³-hybridized carbons (Fsp3) is 0.333. The highest BCUT2D eigenvalue weighted by molar-refractivity contribution is 5.30. The molecule has 5 nitrogen and oxygen atoms in total. The van der Waals surface area contributed by atoms with Gasteiger partial charge in [-0.2, -0.15) is 0 Å². The van der Waals surface area contributed by atoms with Crippen molar-refractivity contribution in [2.24, 2.45) is 7.05 Å². The molecule has 1 atom stereocenters. The van der Waals surface area contributed by atoms with E-state index in [9.17, 15) is 0 Å². The molecule has 0 saturated heterocycles. The topological polar surface area (TPSA) is 52.0 Å². The van der Waals surface area contributed by atoms with Crippen molar-refractivity contribution in [1.29, 1.82) is 0 Å². The highest BCUT2D eigenvalue weighted by Gasteiger charge is 2.15. The van der Waals surface area contributed by atoms with Crippen LogP contribution in [0.4, 0.5) is 0 Å². The van der Waals surface area contributed by atoms with Gasteiger partial charge in [-0.3, -0.25) is 4.98 Å². The van der Waals surface area contributed by atoms with Crippen LogP contribution in [0.25, 0.3) is 0 Å². The van der Waals surface area contributed by atoms with Gasteiger partial charge in [0.1, 0.15) is 5.75 Å². The third-order valence-corrected chi connectivity index (χ3v) is 2.74. The minimum atomic E-state index is 0.0603. The Morgan fingerprint density at radius 1 is 1.29 bits per heavy atom. The quantitative estimate of drug-likeness (QED) is 0.858. The van der Waals surface area contributed by atoms with Gasteiger partial charge in [0.15, 0.2) is 0 Å². The first-order chi connectivity index (χ1) is 8.26. The third kappa shape index (κ3) is 2.29. The zero-order chi connectivity index (χ0) is 12.3. The van der Waals surface area contributed by atoms with Crippen LogP contribution < -0.4 is 10.1 Å². The molecular weight excluding hydrogens is 216 g/mol. The molecule has 0 fully saturated rings. The monoisotopic (exact) mass is 232 g/mol. The van der Waals surface area contributed by atoms with Crippen LogP contribution >= 0.6 is 0 Å². The van der Waals surface area contributed by atoms with Gasteiger partial charge >= 0.3 is 0 Å². The minimum Gasteiger partial charge on any atom is -0.495 e. The fourth-order valence-electron chi connectivity index (χ4n) is 1.84. The molecule has 0 aliphatic heterocycles. The molecule has 0 aliphatic carbocycles. The van der Waals surface area contributed by atoms with Gasteiger partial charge in [0.25, 0.3) is 0 Å². The number of nitrogens with one attached hydrogen (secondary N) is 1. The fourth-order valence-corrected chi connectivity index (χ4v) is 1.84. The van der Waals surface area contributed by atoms with E-state index in [1.165, 1.54) is 0 Å². The van der Waals surface area contributed by atoms with Crippen molar-refractivity contribution in [3.63, 3.8) is 0 Å². The summed E-state index contributed by atoms with van der Waals surface area (Å²) in [5.41, 5.74) is 2.14. The molecule has 0 saturated carbocycles. The van der Waals surface area contributed by atoms with Gasteiger partial charge in [-0.15, -0.1) is 0 Å². The lowest BCUT2D eigenvalue weighted by Gasteiger charge is -2.17. The van der Waals surface area contributed by atoms with E-state index in [4.69, 9.17) is 4.74 Å². The molecule has 0 spiro atoms. The second-order valence-corrected chi connectivity index (χ2v) is 3.81. The molecule has 0 amide bonds. The number of aryl methyl sites for hydroxylation is 1. The molecule has 5 heteroatoms. The van der Waals surface area contributed by atoms with E-state index in [1.54, 1.807) is 19.6 Å². The molecular formula is C12H16N4O. The molecule has 2 rings (SSSR count). The Morgan fingerprint density at radius 3 is 2.71 bits per heavy atom. The summed E-state index contributed by atoms with van der Waals surface area (Å²) in [5.74, 6) is 0.755. The van der Waals surface area contributed by atoms with Crippen molar-refractivity contribution < 1.29 is 4.74 Å². The summed E-state index contributed by atoms with van der Waals surface area (Å²) >= 11 is 0. The summed E-state index contributed by atoms with van der Waals surface area (Å²) in [7, 11) is 5.52. The third-order valence-electron chi connectivity index (χ3n) is 2.74. The Kier molecular flexibility index (Phi) is 3.39. The normalized spacial score (nSPS) is 12.4. The average Bonchev–Trinajstić information content (AvgIpc) is 2.77. The lowest BCUT2D eigenvalue weighted by molar-refractivity contribution is 0.411. The predicted octanol–water partition coefficient (Wildman–Crippen LogP) is 1.13. The average molecular weight is 232 g/mol. The predicted molar refractivity (Wildman–Crippen MR) is 64.9 cm³/mol. The van der Waals surface area contributed by atoms with Crippen LogP contribution in [0.2, 0.25) is 0 Å². The first-order valence-electron chi connectivity index (χ1n) is 5.38. The molecule has 2 aromatic heterocycles. The number of aromatic nitrogens is 3. The van der Waals surface area contributed by atoms with Crippen LogP contribution in [0.1, 0.15) is 17.3 Å². The molecule has 0 aromatic carbocycles. The Morgan fingerprint density at radius 2 is 2.12 bits per heavy atom. The largest absolute Gasteiger partial charge is 0.495 e. The number of rotatable bonds is 4. The number of methoxy groups -OCH3 is 1. The number of nitrogens with zero attached hydrogens (tertiary/aromatic N) is 3. The van der Waals surface area contributed by atoms with Gasteiger partial charge in [0, 0.05) is 13.2 Å². The van der Waals surface area contributed by atoms with Crippen molar-refractivity contribution in [3.8, 4) is 5.75 Å². The van der Waals surface area contributed by atoms with Gasteiger partial charge in [-0.05, 0) is 18.7 Å². The maximum Gasteiger partial charge on any atom is 0.137 e. The molecule has 17 heavy (non-hydrogen) atoms. The smallest absolute Gasteiger partial charge is 0.137 e. The maximum absolute atomic E-state index is 5.18. The van der Waals surface area contributed by atoms with Crippen molar-refractivity contribution in [2.45, 2.75) is 6.04 Å². The van der Waals surface area contributed by atoms with E-state index in [2.05, 4.69) is 15.3 Å². The molecule has 1 unspecified atom stereocenters. The van der Waals surface area contributed by atoms with Crippen LogP contribution in [-0.4, -0.2) is 28.7 Å². The highest BCUT2D eigenvalue weighted by Crippen LogP contribution is 2.23. The van der Waals surface area contributed by atoms with Gasteiger partial charge in [0.05, 0.1) is 37.6 Å². The molecule has 0 bridgehead atoms. The number of ether oxygens (including phenoxy) is 1. The molecule has 2 aromatic rings. The molecule has 0 radical (unpaired) electrons. The van der Waals surface area contributed by atoms with Crippen LogP contribution in [-0.2, 0) is 7.05 Å². The Hall–Kier alpha value is -1.88. The van der Waals surface area contributed by atoms with Crippen molar-refractivity contribution in [2.75, 3.05) is 14.2 Å². The molecule has 0 aliphatic rings. The Labute approximate surface area is 100 Å². The van der Waals surface area contributed by atoms with Crippen molar-refractivity contribution in [3.05, 3.63) is 42.2 Å². The van der Waals surface area contributed by atoms with E-state index in [-0.39, 0.29) is 6.04 Å². The van der Waals surface area contributed by atoms with Crippen LogP contribution in [0, 0.1) is 0 Å². The zero-order valence-electron chi connectivity index (χ0n) is 10.2. The first kappa shape index (κ1) is 11.6. The van der Waals surface area contributed by atoms with E-state index in [0.29, 0.717) is 0 Å². The summed E-state index contributed by atoms with van der Waals surface area (Å²) in [6.07, 6.45) is 7.16. The zero-order valence-corrected chi connectivity index (χ0v) is 10.2. The summed E-state index contributed by atoms with van der Waals surface area (Å²) < 4.78 is 7.17. The van der Waals surface area contributed by atoms with Crippen LogP contribution in [0.5, 0.6) is 5.75 Å². The van der Waals surface area contributed by atoms with Crippen LogP contribution in [0.15, 0.2) is 31.0 Å². The van der Waals surface area contributed by atoms with Gasteiger partial charge < -0.3 is 14.6 Å².